The van der Waals surface area contributed by atoms with Gasteiger partial charge in [-0.15, -0.1) is 0 Å². The van der Waals surface area contributed by atoms with Crippen molar-refractivity contribution in [2.75, 3.05) is 6.54 Å². The van der Waals surface area contributed by atoms with Crippen molar-refractivity contribution in [1.29, 1.82) is 0 Å². The third-order valence-corrected chi connectivity index (χ3v) is 3.80. The van der Waals surface area contributed by atoms with E-state index in [0.29, 0.717) is 0 Å². The van der Waals surface area contributed by atoms with E-state index >= 15 is 0 Å². The van der Waals surface area contributed by atoms with Gasteiger partial charge in [-0.25, -0.2) is 4.98 Å². The van der Waals surface area contributed by atoms with E-state index in [9.17, 15) is 0 Å². The lowest BCUT2D eigenvalue weighted by Gasteiger charge is -2.16. The van der Waals surface area contributed by atoms with Crippen LogP contribution in [-0.2, 0) is 13.0 Å². The minimum Gasteiger partial charge on any atom is -0.333 e. The number of aryl methyl sites for hydroxylation is 1. The molecule has 96 valence electrons. The summed E-state index contributed by atoms with van der Waals surface area (Å²) in [5.41, 5.74) is 1.34. The molecule has 0 aromatic carbocycles. The van der Waals surface area contributed by atoms with E-state index in [2.05, 4.69) is 21.8 Å². The summed E-state index contributed by atoms with van der Waals surface area (Å²) in [6.07, 6.45) is 13.4. The quantitative estimate of drug-likeness (QED) is 0.795. The molecule has 0 radical (unpaired) electrons. The lowest BCUT2D eigenvalue weighted by atomic mass is 10.1. The lowest BCUT2D eigenvalue weighted by Crippen LogP contribution is -2.31. The molecule has 2 rings (SSSR count). The Bertz CT molecular complexity index is 311. The largest absolute Gasteiger partial charge is 0.333 e. The Balaban J connectivity index is 1.71. The summed E-state index contributed by atoms with van der Waals surface area (Å²) in [7, 11) is 0. The number of rotatable bonds is 5. The molecule has 1 aliphatic carbocycles. The van der Waals surface area contributed by atoms with Crippen LogP contribution < -0.4 is 5.32 Å². The molecule has 1 aromatic heterocycles. The molecule has 1 fully saturated rings. The van der Waals surface area contributed by atoms with Gasteiger partial charge >= 0.3 is 0 Å². The molecule has 1 N–H and O–H groups in total. The molecule has 17 heavy (non-hydrogen) atoms. The Hall–Kier alpha value is -0.830. The number of nitrogens with zero attached hydrogens (tertiary/aromatic N) is 2. The zero-order chi connectivity index (χ0) is 11.9. The average molecular weight is 235 g/mol. The van der Waals surface area contributed by atoms with E-state index in [1.807, 2.05) is 12.5 Å². The van der Waals surface area contributed by atoms with Crippen molar-refractivity contribution in [2.24, 2.45) is 0 Å². The number of imidazole rings is 1. The topological polar surface area (TPSA) is 29.9 Å². The van der Waals surface area contributed by atoms with E-state index in [1.165, 1.54) is 44.2 Å². The molecule has 1 aliphatic rings. The lowest BCUT2D eigenvalue weighted by molar-refractivity contribution is 0.443. The molecule has 0 saturated heterocycles. The van der Waals surface area contributed by atoms with Crippen LogP contribution in [0.25, 0.3) is 0 Å². The number of hydrogen-bond donors (Lipinski definition) is 1. The van der Waals surface area contributed by atoms with Gasteiger partial charge in [-0.1, -0.05) is 32.6 Å². The Kier molecular flexibility index (Phi) is 5.05. The summed E-state index contributed by atoms with van der Waals surface area (Å²) in [5, 5.41) is 3.70. The normalized spacial score (nSPS) is 18.2. The molecule has 0 spiro atoms. The van der Waals surface area contributed by atoms with Crippen molar-refractivity contribution in [3.63, 3.8) is 0 Å². The molecular weight excluding hydrogens is 210 g/mol. The first-order valence-corrected chi connectivity index (χ1v) is 7.12. The fraction of sp³-hybridized carbons (Fsp3) is 0.786. The van der Waals surface area contributed by atoms with E-state index in [4.69, 9.17) is 0 Å². The first kappa shape index (κ1) is 12.6. The summed E-state index contributed by atoms with van der Waals surface area (Å²) in [6, 6.07) is 0.756. The molecule has 1 heterocycles. The van der Waals surface area contributed by atoms with Crippen LogP contribution in [0.1, 0.15) is 51.1 Å². The average Bonchev–Trinajstić information content (AvgIpc) is 2.64. The van der Waals surface area contributed by atoms with Crippen molar-refractivity contribution < 1.29 is 0 Å². The van der Waals surface area contributed by atoms with Gasteiger partial charge in [-0.3, -0.25) is 0 Å². The van der Waals surface area contributed by atoms with Gasteiger partial charge < -0.3 is 9.88 Å². The fourth-order valence-corrected chi connectivity index (χ4v) is 2.72. The first-order valence-electron chi connectivity index (χ1n) is 7.12. The summed E-state index contributed by atoms with van der Waals surface area (Å²) >= 11 is 0. The zero-order valence-electron chi connectivity index (χ0n) is 11.0. The molecule has 0 unspecified atom stereocenters. The van der Waals surface area contributed by atoms with Crippen molar-refractivity contribution in [3.05, 3.63) is 18.2 Å². The second-order valence-electron chi connectivity index (χ2n) is 5.07. The molecular formula is C14H25N3. The first-order chi connectivity index (χ1) is 8.40. The molecule has 1 aromatic rings. The van der Waals surface area contributed by atoms with Gasteiger partial charge in [-0.05, 0) is 19.3 Å². The van der Waals surface area contributed by atoms with Crippen molar-refractivity contribution in [2.45, 2.75) is 64.5 Å². The van der Waals surface area contributed by atoms with Gasteiger partial charge in [0, 0.05) is 31.0 Å². The molecule has 1 saturated carbocycles. The molecule has 3 heteroatoms. The molecule has 0 aliphatic heterocycles. The Morgan fingerprint density at radius 1 is 1.29 bits per heavy atom. The van der Waals surface area contributed by atoms with Crippen LogP contribution in [-0.4, -0.2) is 22.1 Å². The second-order valence-corrected chi connectivity index (χ2v) is 5.07. The van der Waals surface area contributed by atoms with E-state index in [0.717, 1.165) is 25.6 Å². The summed E-state index contributed by atoms with van der Waals surface area (Å²) in [6.45, 7) is 4.32. The van der Waals surface area contributed by atoms with Gasteiger partial charge in [0.25, 0.3) is 0 Å². The highest BCUT2D eigenvalue weighted by Gasteiger charge is 2.11. The van der Waals surface area contributed by atoms with Crippen molar-refractivity contribution >= 4 is 0 Å². The zero-order valence-corrected chi connectivity index (χ0v) is 11.0. The van der Waals surface area contributed by atoms with Crippen LogP contribution >= 0.6 is 0 Å². The standard InChI is InChI=1S/C14H25N3/c1-2-14-11-15-12-17(14)10-9-16-13-7-5-3-4-6-8-13/h11-13,16H,2-10H2,1H3. The third kappa shape index (κ3) is 3.84. The highest BCUT2D eigenvalue weighted by Crippen LogP contribution is 2.16. The van der Waals surface area contributed by atoms with Crippen LogP contribution in [0.5, 0.6) is 0 Å². The van der Waals surface area contributed by atoms with Crippen molar-refractivity contribution in [1.82, 2.24) is 14.9 Å². The predicted octanol–water partition coefficient (Wildman–Crippen LogP) is 2.76. The van der Waals surface area contributed by atoms with Crippen LogP contribution in [0, 0.1) is 0 Å². The minimum absolute atomic E-state index is 0.756. The molecule has 3 nitrogen and oxygen atoms in total. The van der Waals surface area contributed by atoms with Crippen LogP contribution in [0.2, 0.25) is 0 Å². The van der Waals surface area contributed by atoms with Gasteiger partial charge in [0.1, 0.15) is 0 Å². The van der Waals surface area contributed by atoms with Gasteiger partial charge in [0.2, 0.25) is 0 Å². The SMILES string of the molecule is CCc1cncn1CCNC1CCCCCC1. The van der Waals surface area contributed by atoms with Crippen LogP contribution in [0.3, 0.4) is 0 Å². The van der Waals surface area contributed by atoms with Crippen LogP contribution in [0.15, 0.2) is 12.5 Å². The van der Waals surface area contributed by atoms with E-state index in [-0.39, 0.29) is 0 Å². The smallest absolute Gasteiger partial charge is 0.0948 e. The second kappa shape index (κ2) is 6.80. The molecule has 0 bridgehead atoms. The Morgan fingerprint density at radius 3 is 2.76 bits per heavy atom. The molecule has 0 amide bonds. The number of nitrogens with one attached hydrogen (secondary N) is 1. The van der Waals surface area contributed by atoms with E-state index in [1.54, 1.807) is 0 Å². The maximum absolute atomic E-state index is 4.21. The minimum atomic E-state index is 0.756. The maximum Gasteiger partial charge on any atom is 0.0948 e. The molecule has 0 atom stereocenters. The highest BCUT2D eigenvalue weighted by atomic mass is 15.1. The summed E-state index contributed by atoms with van der Waals surface area (Å²) in [5.74, 6) is 0. The fourth-order valence-electron chi connectivity index (χ4n) is 2.72. The Labute approximate surface area is 105 Å². The third-order valence-electron chi connectivity index (χ3n) is 3.80. The maximum atomic E-state index is 4.21. The number of hydrogen-bond acceptors (Lipinski definition) is 2. The van der Waals surface area contributed by atoms with Crippen molar-refractivity contribution in [3.8, 4) is 0 Å². The Morgan fingerprint density at radius 2 is 2.06 bits per heavy atom. The van der Waals surface area contributed by atoms with E-state index < -0.39 is 0 Å². The van der Waals surface area contributed by atoms with Crippen LogP contribution in [0.4, 0.5) is 0 Å². The van der Waals surface area contributed by atoms with Gasteiger partial charge in [0.05, 0.1) is 6.33 Å². The monoisotopic (exact) mass is 235 g/mol. The summed E-state index contributed by atoms with van der Waals surface area (Å²) < 4.78 is 2.27. The van der Waals surface area contributed by atoms with Gasteiger partial charge in [-0.2, -0.15) is 0 Å². The highest BCUT2D eigenvalue weighted by molar-refractivity contribution is 4.97. The summed E-state index contributed by atoms with van der Waals surface area (Å²) in [4.78, 5) is 4.21. The van der Waals surface area contributed by atoms with Gasteiger partial charge in [0.15, 0.2) is 0 Å². The predicted molar refractivity (Wildman–Crippen MR) is 71.1 cm³/mol. The number of aromatic nitrogens is 2.